The van der Waals surface area contributed by atoms with Gasteiger partial charge in [0, 0.05) is 21.9 Å². The zero-order chi connectivity index (χ0) is 17.1. The van der Waals surface area contributed by atoms with Gasteiger partial charge in [-0.2, -0.15) is 0 Å². The minimum Gasteiger partial charge on any atom is -0.298 e. The van der Waals surface area contributed by atoms with Gasteiger partial charge in [-0.1, -0.05) is 12.1 Å². The number of halogens is 2. The molecule has 0 aliphatic rings. The van der Waals surface area contributed by atoms with E-state index < -0.39 is 17.5 Å². The average molecular weight is 362 g/mol. The predicted octanol–water partition coefficient (Wildman–Crippen LogP) is 5.06. The number of rotatable bonds is 4. The van der Waals surface area contributed by atoms with Gasteiger partial charge in [-0.3, -0.25) is 10.1 Å². The van der Waals surface area contributed by atoms with E-state index >= 15 is 0 Å². The molecule has 3 aromatic rings. The van der Waals surface area contributed by atoms with Crippen LogP contribution in [0.3, 0.4) is 0 Å². The molecule has 0 radical (unpaired) electrons. The monoisotopic (exact) mass is 362 g/mol. The Balaban J connectivity index is 1.76. The fourth-order valence-electron chi connectivity index (χ4n) is 2.06. The smallest absolute Gasteiger partial charge is 0.260 e. The Kier molecular flexibility index (Phi) is 4.92. The molecule has 122 valence electrons. The summed E-state index contributed by atoms with van der Waals surface area (Å²) >= 11 is 2.89. The van der Waals surface area contributed by atoms with Crippen molar-refractivity contribution in [1.29, 1.82) is 0 Å². The molecule has 0 aliphatic heterocycles. The van der Waals surface area contributed by atoms with Crippen LogP contribution in [-0.2, 0) is 0 Å². The number of thiazole rings is 1. The van der Waals surface area contributed by atoms with Crippen LogP contribution in [0, 0.1) is 11.6 Å². The summed E-state index contributed by atoms with van der Waals surface area (Å²) in [5, 5.41) is 4.70. The maximum absolute atomic E-state index is 13.6. The number of nitrogens with one attached hydrogen (secondary N) is 1. The largest absolute Gasteiger partial charge is 0.298 e. The maximum Gasteiger partial charge on any atom is 0.260 e. The molecule has 0 aliphatic carbocycles. The number of anilines is 1. The first-order valence-electron chi connectivity index (χ1n) is 6.93. The number of nitrogens with zero attached hydrogens (tertiary/aromatic N) is 1. The Morgan fingerprint density at radius 1 is 1.17 bits per heavy atom. The van der Waals surface area contributed by atoms with Crippen molar-refractivity contribution in [2.75, 3.05) is 11.6 Å². The number of amides is 1. The van der Waals surface area contributed by atoms with E-state index in [1.807, 2.05) is 35.9 Å². The second-order valence-electron chi connectivity index (χ2n) is 4.84. The van der Waals surface area contributed by atoms with Gasteiger partial charge in [0.25, 0.3) is 5.91 Å². The van der Waals surface area contributed by atoms with Gasteiger partial charge in [-0.15, -0.1) is 23.1 Å². The summed E-state index contributed by atoms with van der Waals surface area (Å²) in [5.41, 5.74) is 1.43. The molecular formula is C17H12F2N2OS2. The van der Waals surface area contributed by atoms with Crippen molar-refractivity contribution in [3.63, 3.8) is 0 Å². The zero-order valence-electron chi connectivity index (χ0n) is 12.5. The number of benzene rings is 2. The van der Waals surface area contributed by atoms with Crippen LogP contribution in [0.25, 0.3) is 11.3 Å². The topological polar surface area (TPSA) is 42.0 Å². The van der Waals surface area contributed by atoms with Crippen molar-refractivity contribution in [2.45, 2.75) is 4.90 Å². The highest BCUT2D eigenvalue weighted by molar-refractivity contribution is 7.98. The second kappa shape index (κ2) is 7.11. The van der Waals surface area contributed by atoms with E-state index in [1.54, 1.807) is 11.8 Å². The van der Waals surface area contributed by atoms with Crippen LogP contribution < -0.4 is 5.32 Å². The Hall–Kier alpha value is -2.25. The summed E-state index contributed by atoms with van der Waals surface area (Å²) in [7, 11) is 0. The molecule has 1 N–H and O–H groups in total. The molecule has 0 fully saturated rings. The molecule has 0 spiro atoms. The van der Waals surface area contributed by atoms with E-state index in [0.29, 0.717) is 11.2 Å². The van der Waals surface area contributed by atoms with Gasteiger partial charge >= 0.3 is 0 Å². The molecule has 0 saturated carbocycles. The second-order valence-corrected chi connectivity index (χ2v) is 6.58. The van der Waals surface area contributed by atoms with Gasteiger partial charge in [0.15, 0.2) is 5.13 Å². The van der Waals surface area contributed by atoms with Crippen LogP contribution in [0.4, 0.5) is 13.9 Å². The molecule has 1 heterocycles. The normalized spacial score (nSPS) is 10.6. The van der Waals surface area contributed by atoms with E-state index in [-0.39, 0.29) is 5.56 Å². The Morgan fingerprint density at radius 2 is 1.92 bits per heavy atom. The lowest BCUT2D eigenvalue weighted by atomic mass is 10.2. The number of carbonyl (C=O) groups is 1. The Morgan fingerprint density at radius 3 is 2.58 bits per heavy atom. The summed E-state index contributed by atoms with van der Waals surface area (Å²) in [6.07, 6.45) is 2.00. The third-order valence-corrected chi connectivity index (χ3v) is 4.79. The highest BCUT2D eigenvalue weighted by Crippen LogP contribution is 2.27. The highest BCUT2D eigenvalue weighted by atomic mass is 32.2. The Labute approximate surface area is 145 Å². The zero-order valence-corrected chi connectivity index (χ0v) is 14.2. The predicted molar refractivity (Wildman–Crippen MR) is 93.6 cm³/mol. The summed E-state index contributed by atoms with van der Waals surface area (Å²) in [4.78, 5) is 17.5. The summed E-state index contributed by atoms with van der Waals surface area (Å²) in [5.74, 6) is -2.29. The first-order valence-corrected chi connectivity index (χ1v) is 9.03. The molecule has 0 bridgehead atoms. The average Bonchev–Trinajstić information content (AvgIpc) is 3.03. The van der Waals surface area contributed by atoms with Gasteiger partial charge in [0.1, 0.15) is 11.6 Å². The van der Waals surface area contributed by atoms with Gasteiger partial charge in [-0.05, 0) is 30.5 Å². The molecule has 2 aromatic carbocycles. The van der Waals surface area contributed by atoms with Crippen LogP contribution in [0.15, 0.2) is 52.7 Å². The van der Waals surface area contributed by atoms with E-state index in [4.69, 9.17) is 0 Å². The molecule has 1 amide bonds. The highest BCUT2D eigenvalue weighted by Gasteiger charge is 2.14. The lowest BCUT2D eigenvalue weighted by molar-refractivity contribution is 0.102. The van der Waals surface area contributed by atoms with Crippen molar-refractivity contribution < 1.29 is 13.6 Å². The Bertz CT molecular complexity index is 879. The van der Waals surface area contributed by atoms with Gasteiger partial charge in [-0.25, -0.2) is 13.8 Å². The van der Waals surface area contributed by atoms with Crippen molar-refractivity contribution in [2.24, 2.45) is 0 Å². The number of carbonyl (C=O) groups excluding carboxylic acids is 1. The number of aromatic nitrogens is 1. The van der Waals surface area contributed by atoms with Gasteiger partial charge < -0.3 is 0 Å². The van der Waals surface area contributed by atoms with Gasteiger partial charge in [0.2, 0.25) is 0 Å². The van der Waals surface area contributed by atoms with Crippen molar-refractivity contribution in [3.8, 4) is 11.3 Å². The fraction of sp³-hybridized carbons (Fsp3) is 0.0588. The van der Waals surface area contributed by atoms with Crippen molar-refractivity contribution in [3.05, 3.63) is 65.0 Å². The third kappa shape index (κ3) is 3.63. The van der Waals surface area contributed by atoms with Crippen LogP contribution in [0.2, 0.25) is 0 Å². The molecule has 24 heavy (non-hydrogen) atoms. The minimum atomic E-state index is -0.906. The molecule has 1 aromatic heterocycles. The molecular weight excluding hydrogens is 350 g/mol. The van der Waals surface area contributed by atoms with Crippen LogP contribution in [-0.4, -0.2) is 17.1 Å². The quantitative estimate of drug-likeness (QED) is 0.660. The summed E-state index contributed by atoms with van der Waals surface area (Å²) < 4.78 is 26.5. The summed E-state index contributed by atoms with van der Waals surface area (Å²) in [6.45, 7) is 0. The standard InChI is InChI=1S/C17H12F2N2OS2/c1-23-12-5-2-10(3-6-12)15-9-24-17(20-15)21-16(22)13-7-4-11(18)8-14(13)19/h2-9H,1H3,(H,20,21,22). The van der Waals surface area contributed by atoms with Crippen molar-refractivity contribution in [1.82, 2.24) is 4.98 Å². The van der Waals surface area contributed by atoms with E-state index in [0.717, 1.165) is 28.3 Å². The van der Waals surface area contributed by atoms with E-state index in [2.05, 4.69) is 10.3 Å². The number of thioether (sulfide) groups is 1. The maximum atomic E-state index is 13.6. The molecule has 7 heteroatoms. The lowest BCUT2D eigenvalue weighted by Gasteiger charge is -2.03. The van der Waals surface area contributed by atoms with Crippen LogP contribution >= 0.6 is 23.1 Å². The van der Waals surface area contributed by atoms with Crippen molar-refractivity contribution >= 4 is 34.1 Å². The lowest BCUT2D eigenvalue weighted by Crippen LogP contribution is -2.13. The molecule has 3 rings (SSSR count). The molecule has 0 saturated heterocycles. The minimum absolute atomic E-state index is 0.225. The van der Waals surface area contributed by atoms with Crippen LogP contribution in [0.5, 0.6) is 0 Å². The summed E-state index contributed by atoms with van der Waals surface area (Å²) in [6, 6.07) is 10.7. The fourth-order valence-corrected chi connectivity index (χ4v) is 3.19. The number of hydrogen-bond acceptors (Lipinski definition) is 4. The molecule has 0 unspecified atom stereocenters. The van der Waals surface area contributed by atoms with Gasteiger partial charge in [0.05, 0.1) is 11.3 Å². The third-order valence-electron chi connectivity index (χ3n) is 3.29. The first kappa shape index (κ1) is 16.6. The van der Waals surface area contributed by atoms with E-state index in [9.17, 15) is 13.6 Å². The molecule has 3 nitrogen and oxygen atoms in total. The molecule has 0 atom stereocenters. The SMILES string of the molecule is CSc1ccc(-c2csc(NC(=O)c3ccc(F)cc3F)n2)cc1. The first-order chi connectivity index (χ1) is 11.6. The van der Waals surface area contributed by atoms with E-state index in [1.165, 1.54) is 11.3 Å². The number of hydrogen-bond donors (Lipinski definition) is 1. The van der Waals surface area contributed by atoms with Crippen LogP contribution in [0.1, 0.15) is 10.4 Å².